The quantitative estimate of drug-likeness (QED) is 0.918. The Labute approximate surface area is 108 Å². The summed E-state index contributed by atoms with van der Waals surface area (Å²) in [7, 11) is 0. The van der Waals surface area contributed by atoms with Gasteiger partial charge in [-0.2, -0.15) is 0 Å². The highest BCUT2D eigenvalue weighted by atomic mass is 19.3. The fraction of sp³-hybridized carbons (Fsp3) is 0.538. The summed E-state index contributed by atoms with van der Waals surface area (Å²) in [5, 5.41) is 9.01. The Kier molecular flexibility index (Phi) is 3.68. The van der Waals surface area contributed by atoms with Gasteiger partial charge in [0.2, 0.25) is 5.92 Å². The minimum Gasteiger partial charge on any atom is -0.477 e. The molecule has 1 saturated carbocycles. The lowest BCUT2D eigenvalue weighted by Crippen LogP contribution is -2.33. The maximum absolute atomic E-state index is 13.3. The van der Waals surface area contributed by atoms with Crippen molar-refractivity contribution in [3.05, 3.63) is 34.2 Å². The minimum absolute atomic E-state index is 0.0386. The van der Waals surface area contributed by atoms with Crippen LogP contribution in [0.15, 0.2) is 23.0 Å². The SMILES string of the molecule is O=C(O)c1cccc(=O)n1CC1CCCC(F)(F)C1. The fourth-order valence-electron chi connectivity index (χ4n) is 2.59. The lowest BCUT2D eigenvalue weighted by molar-refractivity contribution is -0.0549. The van der Waals surface area contributed by atoms with Crippen molar-refractivity contribution in [3.63, 3.8) is 0 Å². The van der Waals surface area contributed by atoms with Gasteiger partial charge in [-0.25, -0.2) is 13.6 Å². The first-order valence-electron chi connectivity index (χ1n) is 6.20. The van der Waals surface area contributed by atoms with Gasteiger partial charge in [0.05, 0.1) is 0 Å². The van der Waals surface area contributed by atoms with Crippen LogP contribution in [0.3, 0.4) is 0 Å². The highest BCUT2D eigenvalue weighted by Gasteiger charge is 2.36. The second-order valence-electron chi connectivity index (χ2n) is 4.98. The van der Waals surface area contributed by atoms with E-state index in [-0.39, 0.29) is 31.0 Å². The Balaban J connectivity index is 2.24. The lowest BCUT2D eigenvalue weighted by Gasteiger charge is -2.29. The predicted molar refractivity (Wildman–Crippen MR) is 64.6 cm³/mol. The first kappa shape index (κ1) is 13.7. The average Bonchev–Trinajstić information content (AvgIpc) is 2.30. The van der Waals surface area contributed by atoms with Crippen molar-refractivity contribution in [3.8, 4) is 0 Å². The Morgan fingerprint density at radius 2 is 2.21 bits per heavy atom. The molecule has 1 aliphatic carbocycles. The van der Waals surface area contributed by atoms with Crippen LogP contribution >= 0.6 is 0 Å². The predicted octanol–water partition coefficient (Wildman–Crippen LogP) is 2.37. The van der Waals surface area contributed by atoms with Gasteiger partial charge in [-0.15, -0.1) is 0 Å². The molecular weight excluding hydrogens is 256 g/mol. The van der Waals surface area contributed by atoms with E-state index in [1.807, 2.05) is 0 Å². The van der Waals surface area contributed by atoms with Crippen LogP contribution in [0.5, 0.6) is 0 Å². The van der Waals surface area contributed by atoms with Crippen LogP contribution in [-0.4, -0.2) is 21.6 Å². The third-order valence-corrected chi connectivity index (χ3v) is 3.45. The largest absolute Gasteiger partial charge is 0.477 e. The zero-order valence-electron chi connectivity index (χ0n) is 10.3. The molecule has 0 aliphatic heterocycles. The molecule has 0 spiro atoms. The van der Waals surface area contributed by atoms with Crippen LogP contribution in [0.4, 0.5) is 8.78 Å². The van der Waals surface area contributed by atoms with Gasteiger partial charge in [0.15, 0.2) is 0 Å². The van der Waals surface area contributed by atoms with Crippen molar-refractivity contribution < 1.29 is 18.7 Å². The molecular formula is C13H15F2NO3. The van der Waals surface area contributed by atoms with Gasteiger partial charge in [0.25, 0.3) is 5.56 Å². The summed E-state index contributed by atoms with van der Waals surface area (Å²) in [4.78, 5) is 22.7. The third-order valence-electron chi connectivity index (χ3n) is 3.45. The molecule has 0 saturated heterocycles. The van der Waals surface area contributed by atoms with E-state index in [4.69, 9.17) is 5.11 Å². The number of carbonyl (C=O) groups is 1. The van der Waals surface area contributed by atoms with E-state index < -0.39 is 17.5 Å². The second kappa shape index (κ2) is 5.11. The Hall–Kier alpha value is -1.72. The minimum atomic E-state index is -2.70. The van der Waals surface area contributed by atoms with Crippen LogP contribution in [0.2, 0.25) is 0 Å². The summed E-state index contributed by atoms with van der Waals surface area (Å²) in [6.07, 6.45) is 0.587. The summed E-state index contributed by atoms with van der Waals surface area (Å²) in [6.45, 7) is 0.0386. The molecule has 1 aliphatic rings. The number of hydrogen-bond acceptors (Lipinski definition) is 2. The van der Waals surface area contributed by atoms with E-state index in [0.717, 1.165) is 4.57 Å². The van der Waals surface area contributed by atoms with E-state index >= 15 is 0 Å². The molecule has 1 aromatic heterocycles. The Bertz CT molecular complexity index is 539. The fourth-order valence-corrected chi connectivity index (χ4v) is 2.59. The van der Waals surface area contributed by atoms with Gasteiger partial charge in [-0.05, 0) is 24.8 Å². The molecule has 19 heavy (non-hydrogen) atoms. The molecule has 0 radical (unpaired) electrons. The number of carboxylic acid groups (broad SMARTS) is 1. The number of pyridine rings is 1. The molecule has 1 aromatic rings. The van der Waals surface area contributed by atoms with Crippen molar-refractivity contribution in [1.82, 2.24) is 4.57 Å². The van der Waals surface area contributed by atoms with Crippen molar-refractivity contribution in [2.45, 2.75) is 38.2 Å². The van der Waals surface area contributed by atoms with Gasteiger partial charge < -0.3 is 9.67 Å². The molecule has 2 rings (SSSR count). The van der Waals surface area contributed by atoms with Crippen molar-refractivity contribution in [2.75, 3.05) is 0 Å². The molecule has 104 valence electrons. The first-order chi connectivity index (χ1) is 8.89. The molecule has 0 amide bonds. The van der Waals surface area contributed by atoms with E-state index in [2.05, 4.69) is 0 Å². The van der Waals surface area contributed by atoms with Crippen molar-refractivity contribution >= 4 is 5.97 Å². The molecule has 1 heterocycles. The number of nitrogens with zero attached hydrogens (tertiary/aromatic N) is 1. The molecule has 1 atom stereocenters. The zero-order chi connectivity index (χ0) is 14.0. The van der Waals surface area contributed by atoms with Gasteiger partial charge in [0, 0.05) is 25.5 Å². The van der Waals surface area contributed by atoms with Crippen LogP contribution in [0, 0.1) is 5.92 Å². The molecule has 0 bridgehead atoms. The van der Waals surface area contributed by atoms with Gasteiger partial charge >= 0.3 is 5.97 Å². The zero-order valence-corrected chi connectivity index (χ0v) is 10.3. The van der Waals surface area contributed by atoms with Crippen LogP contribution in [-0.2, 0) is 6.54 Å². The Morgan fingerprint density at radius 1 is 1.47 bits per heavy atom. The highest BCUT2D eigenvalue weighted by Crippen LogP contribution is 2.37. The van der Waals surface area contributed by atoms with Crippen LogP contribution in [0.1, 0.15) is 36.2 Å². The first-order valence-corrected chi connectivity index (χ1v) is 6.20. The molecule has 0 aromatic carbocycles. The number of aromatic nitrogens is 1. The number of alkyl halides is 2. The Morgan fingerprint density at radius 3 is 2.84 bits per heavy atom. The topological polar surface area (TPSA) is 59.3 Å². The molecule has 6 heteroatoms. The van der Waals surface area contributed by atoms with Crippen molar-refractivity contribution in [1.29, 1.82) is 0 Å². The molecule has 4 nitrogen and oxygen atoms in total. The number of halogens is 2. The van der Waals surface area contributed by atoms with Crippen molar-refractivity contribution in [2.24, 2.45) is 5.92 Å². The summed E-state index contributed by atoms with van der Waals surface area (Å²) < 4.78 is 27.7. The standard InChI is InChI=1S/C13H15F2NO3/c14-13(15)6-2-3-9(7-13)8-16-10(12(18)19)4-1-5-11(16)17/h1,4-5,9H,2-3,6-8H2,(H,18,19). The van der Waals surface area contributed by atoms with Gasteiger partial charge in [-0.1, -0.05) is 6.07 Å². The summed E-state index contributed by atoms with van der Waals surface area (Å²) in [6, 6.07) is 3.91. The summed E-state index contributed by atoms with van der Waals surface area (Å²) >= 11 is 0. The molecule has 1 N–H and O–H groups in total. The van der Waals surface area contributed by atoms with Crippen LogP contribution < -0.4 is 5.56 Å². The number of rotatable bonds is 3. The third kappa shape index (κ3) is 3.19. The average molecular weight is 271 g/mol. The van der Waals surface area contributed by atoms with E-state index in [1.165, 1.54) is 18.2 Å². The smallest absolute Gasteiger partial charge is 0.352 e. The number of aromatic carboxylic acids is 1. The van der Waals surface area contributed by atoms with E-state index in [9.17, 15) is 18.4 Å². The summed E-state index contributed by atoms with van der Waals surface area (Å²) in [5.74, 6) is -4.28. The van der Waals surface area contributed by atoms with Crippen LogP contribution in [0.25, 0.3) is 0 Å². The summed E-state index contributed by atoms with van der Waals surface area (Å²) in [5.41, 5.74) is -0.616. The van der Waals surface area contributed by atoms with E-state index in [0.29, 0.717) is 12.8 Å². The number of hydrogen-bond donors (Lipinski definition) is 1. The second-order valence-corrected chi connectivity index (χ2v) is 4.98. The normalized spacial score (nSPS) is 22.1. The monoisotopic (exact) mass is 271 g/mol. The van der Waals surface area contributed by atoms with E-state index in [1.54, 1.807) is 0 Å². The maximum Gasteiger partial charge on any atom is 0.352 e. The van der Waals surface area contributed by atoms with Gasteiger partial charge in [0.1, 0.15) is 5.69 Å². The maximum atomic E-state index is 13.3. The lowest BCUT2D eigenvalue weighted by atomic mass is 9.86. The number of carboxylic acids is 1. The molecule has 1 unspecified atom stereocenters. The van der Waals surface area contributed by atoms with Gasteiger partial charge in [-0.3, -0.25) is 4.79 Å². The highest BCUT2D eigenvalue weighted by molar-refractivity contribution is 5.85. The molecule has 1 fully saturated rings.